The van der Waals surface area contributed by atoms with E-state index in [1.54, 1.807) is 0 Å². The summed E-state index contributed by atoms with van der Waals surface area (Å²) in [5, 5.41) is 2.81. The normalized spacial score (nSPS) is 36.0. The van der Waals surface area contributed by atoms with Gasteiger partial charge in [0.2, 0.25) is 0 Å². The topological polar surface area (TPSA) is 73.6 Å². The number of rotatable bonds is 2. The van der Waals surface area contributed by atoms with Crippen LogP contribution < -0.4 is 11.1 Å². The van der Waals surface area contributed by atoms with E-state index in [-0.39, 0.29) is 17.0 Å². The third kappa shape index (κ3) is 2.90. The maximum absolute atomic E-state index is 11.5. The summed E-state index contributed by atoms with van der Waals surface area (Å²) in [6.07, 6.45) is 1.48. The fourth-order valence-electron chi connectivity index (χ4n) is 2.87. The number of hydrogen-bond acceptors (Lipinski definition) is 4. The molecule has 3 fully saturated rings. The quantitative estimate of drug-likeness (QED) is 0.758. The fraction of sp³-hybridized carbons (Fsp3) is 0.917. The number of carbonyl (C=O) groups is 1. The van der Waals surface area contributed by atoms with Crippen molar-refractivity contribution in [3.8, 4) is 0 Å². The average Bonchev–Trinajstić information content (AvgIpc) is 2.10. The molecule has 0 spiro atoms. The van der Waals surface area contributed by atoms with Crippen LogP contribution in [-0.2, 0) is 9.47 Å². The number of nitrogens with one attached hydrogen (secondary N) is 1. The molecule has 98 valence electrons. The van der Waals surface area contributed by atoms with Gasteiger partial charge in [0.15, 0.2) is 0 Å². The van der Waals surface area contributed by atoms with Crippen molar-refractivity contribution in [2.45, 2.75) is 44.8 Å². The van der Waals surface area contributed by atoms with Crippen LogP contribution in [0, 0.1) is 5.41 Å². The Morgan fingerprint density at radius 1 is 1.41 bits per heavy atom. The zero-order valence-electron chi connectivity index (χ0n) is 10.8. The van der Waals surface area contributed by atoms with Gasteiger partial charge in [-0.2, -0.15) is 0 Å². The lowest BCUT2D eigenvalue weighted by molar-refractivity contribution is -0.143. The molecule has 2 saturated heterocycles. The van der Waals surface area contributed by atoms with Crippen molar-refractivity contribution in [2.75, 3.05) is 19.8 Å². The van der Waals surface area contributed by atoms with Gasteiger partial charge in [0.25, 0.3) is 0 Å². The number of carbonyl (C=O) groups excluding carboxylic acids is 1. The molecule has 0 radical (unpaired) electrons. The van der Waals surface area contributed by atoms with Gasteiger partial charge in [-0.15, -0.1) is 0 Å². The predicted molar refractivity (Wildman–Crippen MR) is 63.6 cm³/mol. The molecule has 0 aromatic heterocycles. The Bertz CT molecular complexity index is 316. The van der Waals surface area contributed by atoms with Gasteiger partial charge in [0.05, 0.1) is 13.2 Å². The number of fused-ring (bicyclic) bond motifs is 2. The molecule has 2 bridgehead atoms. The number of ether oxygens (including phenoxy) is 2. The molecule has 1 aliphatic carbocycles. The molecule has 2 heterocycles. The van der Waals surface area contributed by atoms with Crippen molar-refractivity contribution < 1.29 is 14.3 Å². The number of amides is 1. The van der Waals surface area contributed by atoms with E-state index in [0.29, 0.717) is 19.8 Å². The van der Waals surface area contributed by atoms with Crippen LogP contribution in [0.25, 0.3) is 0 Å². The van der Waals surface area contributed by atoms with E-state index in [1.165, 1.54) is 0 Å². The Hall–Kier alpha value is -0.810. The molecule has 5 nitrogen and oxygen atoms in total. The maximum atomic E-state index is 11.5. The van der Waals surface area contributed by atoms with Gasteiger partial charge < -0.3 is 20.5 Å². The molecule has 0 unspecified atom stereocenters. The molecule has 3 aliphatic rings. The van der Waals surface area contributed by atoms with E-state index in [4.69, 9.17) is 15.2 Å². The van der Waals surface area contributed by atoms with E-state index in [0.717, 1.165) is 12.8 Å². The SMILES string of the molecule is CC(C)(C)OC(=O)NCC12COCC(N)(C1)C2. The lowest BCUT2D eigenvalue weighted by Gasteiger charge is -2.58. The van der Waals surface area contributed by atoms with Crippen LogP contribution in [0.5, 0.6) is 0 Å². The second kappa shape index (κ2) is 3.85. The third-order valence-corrected chi connectivity index (χ3v) is 3.26. The van der Waals surface area contributed by atoms with Crippen molar-refractivity contribution in [1.82, 2.24) is 5.32 Å². The minimum Gasteiger partial charge on any atom is -0.444 e. The van der Waals surface area contributed by atoms with Crippen molar-refractivity contribution in [3.63, 3.8) is 0 Å². The Balaban J connectivity index is 1.78. The van der Waals surface area contributed by atoms with Crippen LogP contribution in [-0.4, -0.2) is 37.0 Å². The Labute approximate surface area is 102 Å². The van der Waals surface area contributed by atoms with Crippen LogP contribution in [0.15, 0.2) is 0 Å². The summed E-state index contributed by atoms with van der Waals surface area (Å²) in [4.78, 5) is 11.5. The summed E-state index contributed by atoms with van der Waals surface area (Å²) in [7, 11) is 0. The van der Waals surface area contributed by atoms with Crippen LogP contribution in [0.1, 0.15) is 33.6 Å². The highest BCUT2D eigenvalue weighted by Crippen LogP contribution is 2.50. The second-order valence-electron chi connectivity index (χ2n) is 6.56. The molecule has 1 saturated carbocycles. The van der Waals surface area contributed by atoms with Gasteiger partial charge in [0, 0.05) is 17.5 Å². The Morgan fingerprint density at radius 3 is 2.59 bits per heavy atom. The molecule has 0 aromatic rings. The monoisotopic (exact) mass is 242 g/mol. The molecular weight excluding hydrogens is 220 g/mol. The third-order valence-electron chi connectivity index (χ3n) is 3.26. The second-order valence-corrected chi connectivity index (χ2v) is 6.56. The van der Waals surface area contributed by atoms with Crippen LogP contribution in [0.3, 0.4) is 0 Å². The zero-order valence-corrected chi connectivity index (χ0v) is 10.8. The van der Waals surface area contributed by atoms with E-state index in [9.17, 15) is 4.79 Å². The van der Waals surface area contributed by atoms with Gasteiger partial charge in [-0.1, -0.05) is 0 Å². The Morgan fingerprint density at radius 2 is 2.06 bits per heavy atom. The van der Waals surface area contributed by atoms with E-state index < -0.39 is 5.60 Å². The minimum atomic E-state index is -0.456. The highest BCUT2D eigenvalue weighted by atomic mass is 16.6. The summed E-state index contributed by atoms with van der Waals surface area (Å²) in [6.45, 7) is 7.46. The fourth-order valence-corrected chi connectivity index (χ4v) is 2.87. The predicted octanol–water partition coefficient (Wildman–Crippen LogP) is 1.02. The highest BCUT2D eigenvalue weighted by Gasteiger charge is 2.56. The van der Waals surface area contributed by atoms with E-state index in [2.05, 4.69) is 5.32 Å². The van der Waals surface area contributed by atoms with Crippen LogP contribution >= 0.6 is 0 Å². The van der Waals surface area contributed by atoms with E-state index in [1.807, 2.05) is 20.8 Å². The van der Waals surface area contributed by atoms with E-state index >= 15 is 0 Å². The van der Waals surface area contributed by atoms with Gasteiger partial charge in [0.1, 0.15) is 5.60 Å². The molecule has 0 aromatic carbocycles. The first-order chi connectivity index (χ1) is 7.72. The van der Waals surface area contributed by atoms with Gasteiger partial charge in [-0.05, 0) is 33.6 Å². The molecule has 1 amide bonds. The van der Waals surface area contributed by atoms with Gasteiger partial charge >= 0.3 is 6.09 Å². The average molecular weight is 242 g/mol. The smallest absolute Gasteiger partial charge is 0.407 e. The standard InChI is InChI=1S/C12H22N2O3/c1-10(2,3)17-9(15)14-6-11-4-12(13,5-11)8-16-7-11/h4-8,13H2,1-3H3,(H,14,15). The van der Waals surface area contributed by atoms with Crippen molar-refractivity contribution >= 4 is 6.09 Å². The first-order valence-electron chi connectivity index (χ1n) is 6.06. The molecule has 3 N–H and O–H groups in total. The molecule has 17 heavy (non-hydrogen) atoms. The van der Waals surface area contributed by atoms with Crippen LogP contribution in [0.2, 0.25) is 0 Å². The summed E-state index contributed by atoms with van der Waals surface area (Å²) in [5.41, 5.74) is 5.48. The Kier molecular flexibility index (Phi) is 2.86. The summed E-state index contributed by atoms with van der Waals surface area (Å²) in [6, 6.07) is 0. The minimum absolute atomic E-state index is 0.0317. The molecule has 2 aliphatic heterocycles. The lowest BCUT2D eigenvalue weighted by Crippen LogP contribution is -2.69. The number of nitrogens with two attached hydrogens (primary N) is 1. The van der Waals surface area contributed by atoms with Gasteiger partial charge in [-0.25, -0.2) is 4.79 Å². The number of hydrogen-bond donors (Lipinski definition) is 2. The molecule has 0 atom stereocenters. The van der Waals surface area contributed by atoms with Crippen molar-refractivity contribution in [2.24, 2.45) is 11.1 Å². The summed E-state index contributed by atoms with van der Waals surface area (Å²) < 4.78 is 10.6. The lowest BCUT2D eigenvalue weighted by atomic mass is 9.56. The van der Waals surface area contributed by atoms with Crippen molar-refractivity contribution in [3.05, 3.63) is 0 Å². The van der Waals surface area contributed by atoms with Crippen LogP contribution in [0.4, 0.5) is 4.79 Å². The molecule has 5 heteroatoms. The number of alkyl carbamates (subject to hydrolysis) is 1. The summed E-state index contributed by atoms with van der Waals surface area (Å²) >= 11 is 0. The molecule has 3 rings (SSSR count). The highest BCUT2D eigenvalue weighted by molar-refractivity contribution is 5.67. The van der Waals surface area contributed by atoms with Gasteiger partial charge in [-0.3, -0.25) is 0 Å². The van der Waals surface area contributed by atoms with Crippen molar-refractivity contribution in [1.29, 1.82) is 0 Å². The largest absolute Gasteiger partial charge is 0.444 e. The zero-order chi connectivity index (χ0) is 12.7. The molecular formula is C12H22N2O3. The maximum Gasteiger partial charge on any atom is 0.407 e. The first-order valence-corrected chi connectivity index (χ1v) is 6.06. The summed E-state index contributed by atoms with van der Waals surface area (Å²) in [5.74, 6) is 0. The first kappa shape index (κ1) is 12.6.